The zero-order chi connectivity index (χ0) is 37.0. The minimum absolute atomic E-state index is 0.636. The highest BCUT2D eigenvalue weighted by atomic mass is 32.1. The highest BCUT2D eigenvalue weighted by Gasteiger charge is 2.17. The SMILES string of the molecule is c1ccc(-c2nc(-c3cccc(-c4cccc(-n5c6ccccc6c6ccccc65)c4)c3)nc(-c3ccc4c(c3)sc3cccc(-c5ccccc5)c34)n2)cc1. The van der Waals surface area contributed by atoms with E-state index in [1.54, 1.807) is 0 Å². The fourth-order valence-electron chi connectivity index (χ4n) is 8.04. The molecule has 0 aliphatic rings. The molecule has 56 heavy (non-hydrogen) atoms. The standard InChI is InChI=1S/C51H32N4S/c1-3-14-33(15-4-1)40-24-13-27-46-48(40)43-29-28-38(32-47(43)56-46)51-53-49(34-16-5-2-6-17-34)52-50(54-51)37-20-11-18-35(30-37)36-19-12-21-39(31-36)55-44-25-9-7-22-41(44)42-23-8-10-26-45(42)55/h1-32H. The summed E-state index contributed by atoms with van der Waals surface area (Å²) in [5.41, 5.74) is 11.0. The Kier molecular flexibility index (Phi) is 7.64. The molecule has 0 saturated heterocycles. The van der Waals surface area contributed by atoms with Gasteiger partial charge in [-0.3, -0.25) is 0 Å². The van der Waals surface area contributed by atoms with Gasteiger partial charge in [-0.1, -0.05) is 152 Å². The van der Waals surface area contributed by atoms with Crippen molar-refractivity contribution in [3.8, 4) is 62.1 Å². The van der Waals surface area contributed by atoms with Crippen LogP contribution in [0, 0.1) is 0 Å². The van der Waals surface area contributed by atoms with E-state index in [4.69, 9.17) is 15.0 Å². The fourth-order valence-corrected chi connectivity index (χ4v) is 9.21. The third-order valence-corrected chi connectivity index (χ3v) is 11.8. The minimum atomic E-state index is 0.636. The summed E-state index contributed by atoms with van der Waals surface area (Å²) in [6.07, 6.45) is 0. The first-order valence-corrected chi connectivity index (χ1v) is 19.6. The van der Waals surface area contributed by atoms with Crippen molar-refractivity contribution in [1.29, 1.82) is 0 Å². The Morgan fingerprint density at radius 3 is 1.59 bits per heavy atom. The lowest BCUT2D eigenvalue weighted by Gasteiger charge is -2.12. The van der Waals surface area contributed by atoms with Crippen molar-refractivity contribution in [1.82, 2.24) is 19.5 Å². The van der Waals surface area contributed by atoms with Crippen molar-refractivity contribution in [2.75, 3.05) is 0 Å². The Bertz CT molecular complexity index is 3200. The van der Waals surface area contributed by atoms with E-state index in [1.165, 1.54) is 53.1 Å². The summed E-state index contributed by atoms with van der Waals surface area (Å²) >= 11 is 1.81. The van der Waals surface area contributed by atoms with Crippen molar-refractivity contribution < 1.29 is 0 Å². The second kappa shape index (κ2) is 13.3. The first-order valence-electron chi connectivity index (χ1n) is 18.8. The Hall–Kier alpha value is -7.21. The van der Waals surface area contributed by atoms with Gasteiger partial charge < -0.3 is 4.57 Å². The third kappa shape index (κ3) is 5.48. The van der Waals surface area contributed by atoms with Crippen LogP contribution in [0.2, 0.25) is 0 Å². The Labute approximate surface area is 327 Å². The van der Waals surface area contributed by atoms with Gasteiger partial charge in [0.2, 0.25) is 0 Å². The number of rotatable bonds is 6. The van der Waals surface area contributed by atoms with Crippen molar-refractivity contribution in [2.45, 2.75) is 0 Å². The first kappa shape index (κ1) is 32.2. The number of hydrogen-bond acceptors (Lipinski definition) is 4. The molecule has 0 unspecified atom stereocenters. The van der Waals surface area contributed by atoms with E-state index >= 15 is 0 Å². The van der Waals surface area contributed by atoms with Gasteiger partial charge in [-0.25, -0.2) is 15.0 Å². The van der Waals surface area contributed by atoms with Gasteiger partial charge in [0.1, 0.15) is 0 Å². The van der Waals surface area contributed by atoms with Crippen molar-refractivity contribution in [3.63, 3.8) is 0 Å². The molecule has 0 aliphatic heterocycles. The molecule has 0 N–H and O–H groups in total. The summed E-state index contributed by atoms with van der Waals surface area (Å²) in [6, 6.07) is 68.6. The minimum Gasteiger partial charge on any atom is -0.309 e. The zero-order valence-corrected chi connectivity index (χ0v) is 31.0. The number of benzene rings is 8. The van der Waals surface area contributed by atoms with Gasteiger partial charge in [-0.15, -0.1) is 11.3 Å². The number of nitrogens with zero attached hydrogens (tertiary/aromatic N) is 4. The normalized spacial score (nSPS) is 11.6. The Morgan fingerprint density at radius 1 is 0.339 bits per heavy atom. The largest absolute Gasteiger partial charge is 0.309 e. The van der Waals surface area contributed by atoms with E-state index in [0.29, 0.717) is 17.5 Å². The van der Waals surface area contributed by atoms with Gasteiger partial charge in [-0.2, -0.15) is 0 Å². The van der Waals surface area contributed by atoms with Gasteiger partial charge in [0.25, 0.3) is 0 Å². The van der Waals surface area contributed by atoms with Gasteiger partial charge in [-0.05, 0) is 64.7 Å². The molecule has 11 rings (SSSR count). The van der Waals surface area contributed by atoms with E-state index < -0.39 is 0 Å². The average Bonchev–Trinajstić information content (AvgIpc) is 3.82. The van der Waals surface area contributed by atoms with Crippen LogP contribution >= 0.6 is 11.3 Å². The lowest BCUT2D eigenvalue weighted by atomic mass is 9.99. The van der Waals surface area contributed by atoms with Crippen LogP contribution < -0.4 is 0 Å². The lowest BCUT2D eigenvalue weighted by molar-refractivity contribution is 1.07. The van der Waals surface area contributed by atoms with Crippen LogP contribution in [-0.2, 0) is 0 Å². The molecule has 0 spiro atoms. The van der Waals surface area contributed by atoms with Gasteiger partial charge in [0, 0.05) is 53.3 Å². The second-order valence-electron chi connectivity index (χ2n) is 14.0. The molecule has 0 aliphatic carbocycles. The molecule has 4 nitrogen and oxygen atoms in total. The van der Waals surface area contributed by atoms with Crippen LogP contribution in [0.15, 0.2) is 194 Å². The van der Waals surface area contributed by atoms with Crippen LogP contribution in [0.4, 0.5) is 0 Å². The monoisotopic (exact) mass is 732 g/mol. The summed E-state index contributed by atoms with van der Waals surface area (Å²) in [6.45, 7) is 0. The summed E-state index contributed by atoms with van der Waals surface area (Å²) in [5.74, 6) is 1.93. The first-order chi connectivity index (χ1) is 27.7. The molecule has 8 aromatic carbocycles. The number of hydrogen-bond donors (Lipinski definition) is 0. The van der Waals surface area contributed by atoms with Gasteiger partial charge in [0.05, 0.1) is 11.0 Å². The maximum atomic E-state index is 5.16. The molecule has 11 aromatic rings. The van der Waals surface area contributed by atoms with Gasteiger partial charge in [0.15, 0.2) is 17.5 Å². The quantitative estimate of drug-likeness (QED) is 0.171. The van der Waals surface area contributed by atoms with Crippen LogP contribution in [-0.4, -0.2) is 19.5 Å². The van der Waals surface area contributed by atoms with E-state index in [1.807, 2.05) is 29.5 Å². The van der Waals surface area contributed by atoms with Gasteiger partial charge >= 0.3 is 0 Å². The molecule has 0 saturated carbocycles. The summed E-state index contributed by atoms with van der Waals surface area (Å²) < 4.78 is 4.83. The molecular weight excluding hydrogens is 701 g/mol. The molecule has 0 bridgehead atoms. The number of thiophene rings is 1. The summed E-state index contributed by atoms with van der Waals surface area (Å²) in [4.78, 5) is 15.3. The number of aromatic nitrogens is 4. The summed E-state index contributed by atoms with van der Waals surface area (Å²) in [7, 11) is 0. The molecule has 262 valence electrons. The molecule has 0 amide bonds. The zero-order valence-electron chi connectivity index (χ0n) is 30.2. The number of para-hydroxylation sites is 2. The van der Waals surface area contributed by atoms with Crippen LogP contribution in [0.3, 0.4) is 0 Å². The van der Waals surface area contributed by atoms with E-state index in [0.717, 1.165) is 33.5 Å². The van der Waals surface area contributed by atoms with E-state index in [2.05, 4.69) is 180 Å². The maximum Gasteiger partial charge on any atom is 0.164 e. The van der Waals surface area contributed by atoms with Crippen molar-refractivity contribution in [3.05, 3.63) is 194 Å². The average molecular weight is 733 g/mol. The smallest absolute Gasteiger partial charge is 0.164 e. The molecule has 0 fully saturated rings. The summed E-state index contributed by atoms with van der Waals surface area (Å²) in [5, 5.41) is 5.02. The molecule has 3 heterocycles. The Balaban J connectivity index is 1.02. The molecule has 0 radical (unpaired) electrons. The Morgan fingerprint density at radius 2 is 0.875 bits per heavy atom. The fraction of sp³-hybridized carbons (Fsp3) is 0. The number of fused-ring (bicyclic) bond motifs is 6. The lowest BCUT2D eigenvalue weighted by Crippen LogP contribution is -2.00. The van der Waals surface area contributed by atoms with E-state index in [-0.39, 0.29) is 0 Å². The highest BCUT2D eigenvalue weighted by Crippen LogP contribution is 2.41. The van der Waals surface area contributed by atoms with Crippen molar-refractivity contribution >= 4 is 53.3 Å². The molecule has 0 atom stereocenters. The van der Waals surface area contributed by atoms with Crippen LogP contribution in [0.25, 0.3) is 104 Å². The second-order valence-corrected chi connectivity index (χ2v) is 15.1. The molecular formula is C51H32N4S. The molecule has 3 aromatic heterocycles. The third-order valence-electron chi connectivity index (χ3n) is 10.6. The topological polar surface area (TPSA) is 43.6 Å². The van der Waals surface area contributed by atoms with E-state index in [9.17, 15) is 0 Å². The van der Waals surface area contributed by atoms with Crippen LogP contribution in [0.5, 0.6) is 0 Å². The van der Waals surface area contributed by atoms with Crippen LogP contribution in [0.1, 0.15) is 0 Å². The highest BCUT2D eigenvalue weighted by molar-refractivity contribution is 7.26. The molecule has 5 heteroatoms. The maximum absolute atomic E-state index is 5.16. The predicted octanol–water partition coefficient (Wildman–Crippen LogP) is 13.7. The van der Waals surface area contributed by atoms with Crippen molar-refractivity contribution in [2.24, 2.45) is 0 Å². The predicted molar refractivity (Wildman–Crippen MR) is 234 cm³/mol.